The second kappa shape index (κ2) is 7.21. The predicted molar refractivity (Wildman–Crippen MR) is 76.3 cm³/mol. The van der Waals surface area contributed by atoms with Crippen LogP contribution in [0.2, 0.25) is 0 Å². The average molecular weight is 301 g/mol. The van der Waals surface area contributed by atoms with Crippen molar-refractivity contribution in [2.45, 2.75) is 25.3 Å². The van der Waals surface area contributed by atoms with Gasteiger partial charge >= 0.3 is 5.97 Å². The van der Waals surface area contributed by atoms with Crippen LogP contribution in [0.25, 0.3) is 0 Å². The number of benzene rings is 1. The highest BCUT2D eigenvalue weighted by Crippen LogP contribution is 2.18. The van der Waals surface area contributed by atoms with Crippen molar-refractivity contribution < 1.29 is 14.8 Å². The molecule has 6 nitrogen and oxygen atoms in total. The van der Waals surface area contributed by atoms with Crippen LogP contribution < -0.4 is 0 Å². The van der Waals surface area contributed by atoms with Gasteiger partial charge in [-0.05, 0) is 31.4 Å². The first-order valence-corrected chi connectivity index (χ1v) is 6.28. The molecule has 7 heteroatoms. The lowest BCUT2D eigenvalue weighted by Crippen LogP contribution is -2.37. The average Bonchev–Trinajstić information content (AvgIpc) is 2.85. The molecule has 0 bridgehead atoms. The van der Waals surface area contributed by atoms with Crippen LogP contribution >= 0.6 is 12.4 Å². The largest absolute Gasteiger partial charge is 0.480 e. The minimum atomic E-state index is -0.763. The summed E-state index contributed by atoms with van der Waals surface area (Å²) < 4.78 is 0. The zero-order valence-corrected chi connectivity index (χ0v) is 11.7. The molecule has 1 aliphatic heterocycles. The van der Waals surface area contributed by atoms with Gasteiger partial charge in [0.2, 0.25) is 0 Å². The normalized spacial score (nSPS) is 18.5. The SMILES string of the molecule is Cl.O=C(O)C1CCCN1CCc1ccc([N+](=O)[O-])cc1. The highest BCUT2D eigenvalue weighted by atomic mass is 35.5. The number of carboxylic acids is 1. The fourth-order valence-corrected chi connectivity index (χ4v) is 2.43. The maximum Gasteiger partial charge on any atom is 0.320 e. The third-order valence-corrected chi connectivity index (χ3v) is 3.48. The van der Waals surface area contributed by atoms with Gasteiger partial charge in [0.1, 0.15) is 6.04 Å². The molecule has 1 fully saturated rings. The number of hydrogen-bond acceptors (Lipinski definition) is 4. The van der Waals surface area contributed by atoms with Gasteiger partial charge in [-0.25, -0.2) is 0 Å². The van der Waals surface area contributed by atoms with Gasteiger partial charge < -0.3 is 5.11 Å². The van der Waals surface area contributed by atoms with E-state index in [2.05, 4.69) is 0 Å². The summed E-state index contributed by atoms with van der Waals surface area (Å²) in [6.07, 6.45) is 2.33. The molecular formula is C13H17ClN2O4. The third kappa shape index (κ3) is 3.91. The van der Waals surface area contributed by atoms with E-state index in [1.54, 1.807) is 12.1 Å². The van der Waals surface area contributed by atoms with Gasteiger partial charge in [0.05, 0.1) is 4.92 Å². The van der Waals surface area contributed by atoms with Crippen molar-refractivity contribution in [3.8, 4) is 0 Å². The molecule has 0 aromatic heterocycles. The van der Waals surface area contributed by atoms with E-state index >= 15 is 0 Å². The summed E-state index contributed by atoms with van der Waals surface area (Å²) in [7, 11) is 0. The van der Waals surface area contributed by atoms with Gasteiger partial charge in [-0.3, -0.25) is 19.8 Å². The Morgan fingerprint density at radius 3 is 2.60 bits per heavy atom. The van der Waals surface area contributed by atoms with Crippen molar-refractivity contribution in [1.29, 1.82) is 0 Å². The molecule has 0 saturated carbocycles. The monoisotopic (exact) mass is 300 g/mol. The molecule has 1 N–H and O–H groups in total. The van der Waals surface area contributed by atoms with Crippen molar-refractivity contribution in [2.24, 2.45) is 0 Å². The van der Waals surface area contributed by atoms with Gasteiger partial charge in [-0.1, -0.05) is 12.1 Å². The molecule has 1 aromatic carbocycles. The summed E-state index contributed by atoms with van der Waals surface area (Å²) in [6, 6.07) is 6.04. The molecule has 0 radical (unpaired) electrons. The number of rotatable bonds is 5. The Hall–Kier alpha value is -1.66. The number of carboxylic acid groups (broad SMARTS) is 1. The zero-order chi connectivity index (χ0) is 13.8. The Bertz CT molecular complexity index is 478. The Morgan fingerprint density at radius 1 is 1.40 bits per heavy atom. The summed E-state index contributed by atoms with van der Waals surface area (Å²) in [5.41, 5.74) is 1.06. The summed E-state index contributed by atoms with van der Waals surface area (Å²) in [6.45, 7) is 1.48. The van der Waals surface area contributed by atoms with Crippen LogP contribution in [-0.4, -0.2) is 40.0 Å². The zero-order valence-electron chi connectivity index (χ0n) is 10.9. The first-order chi connectivity index (χ1) is 9.08. The smallest absolute Gasteiger partial charge is 0.320 e. The van der Waals surface area contributed by atoms with E-state index in [1.807, 2.05) is 4.90 Å². The highest BCUT2D eigenvalue weighted by Gasteiger charge is 2.29. The minimum absolute atomic E-state index is 0. The van der Waals surface area contributed by atoms with Crippen LogP contribution in [0.3, 0.4) is 0 Å². The van der Waals surface area contributed by atoms with Crippen molar-refractivity contribution >= 4 is 24.1 Å². The second-order valence-electron chi connectivity index (χ2n) is 4.71. The van der Waals surface area contributed by atoms with Crippen LogP contribution in [0, 0.1) is 10.1 Å². The van der Waals surface area contributed by atoms with Gasteiger partial charge in [0, 0.05) is 18.7 Å². The van der Waals surface area contributed by atoms with E-state index < -0.39 is 10.9 Å². The molecule has 1 aromatic rings. The molecule has 1 unspecified atom stereocenters. The Balaban J connectivity index is 0.00000200. The number of halogens is 1. The highest BCUT2D eigenvalue weighted by molar-refractivity contribution is 5.85. The fraction of sp³-hybridized carbons (Fsp3) is 0.462. The van der Waals surface area contributed by atoms with E-state index in [4.69, 9.17) is 5.11 Å². The standard InChI is InChI=1S/C13H16N2O4.ClH/c16-13(17)12-2-1-8-14(12)9-7-10-3-5-11(6-4-10)15(18)19;/h3-6,12H,1-2,7-9H2,(H,16,17);1H. The second-order valence-corrected chi connectivity index (χ2v) is 4.71. The molecule has 20 heavy (non-hydrogen) atoms. The number of hydrogen-bond donors (Lipinski definition) is 1. The van der Waals surface area contributed by atoms with Crippen LogP contribution in [-0.2, 0) is 11.2 Å². The van der Waals surface area contributed by atoms with Crippen LogP contribution in [0.5, 0.6) is 0 Å². The molecule has 0 spiro atoms. The van der Waals surface area contributed by atoms with Crippen LogP contribution in [0.4, 0.5) is 5.69 Å². The lowest BCUT2D eigenvalue weighted by Gasteiger charge is -2.20. The van der Waals surface area contributed by atoms with E-state index in [1.165, 1.54) is 12.1 Å². The number of carbonyl (C=O) groups is 1. The number of nitro benzene ring substituents is 1. The van der Waals surface area contributed by atoms with E-state index in [0.29, 0.717) is 19.4 Å². The summed E-state index contributed by atoms with van der Waals surface area (Å²) in [5, 5.41) is 19.6. The molecule has 0 aliphatic carbocycles. The van der Waals surface area contributed by atoms with Gasteiger partial charge in [-0.2, -0.15) is 0 Å². The quantitative estimate of drug-likeness (QED) is 0.665. The number of nitro groups is 1. The summed E-state index contributed by atoms with van der Waals surface area (Å²) in [5.74, 6) is -0.763. The van der Waals surface area contributed by atoms with Crippen molar-refractivity contribution in [3.63, 3.8) is 0 Å². The van der Waals surface area contributed by atoms with Gasteiger partial charge in [0.15, 0.2) is 0 Å². The molecule has 1 saturated heterocycles. The molecular weight excluding hydrogens is 284 g/mol. The first-order valence-electron chi connectivity index (χ1n) is 6.28. The van der Waals surface area contributed by atoms with E-state index in [0.717, 1.165) is 18.5 Å². The maximum absolute atomic E-state index is 11.0. The Kier molecular flexibility index (Phi) is 5.91. The minimum Gasteiger partial charge on any atom is -0.480 e. The van der Waals surface area contributed by atoms with E-state index in [-0.39, 0.29) is 24.1 Å². The van der Waals surface area contributed by atoms with Crippen molar-refractivity contribution in [1.82, 2.24) is 4.90 Å². The first kappa shape index (κ1) is 16.4. The number of nitrogens with zero attached hydrogens (tertiary/aromatic N) is 2. The molecule has 1 heterocycles. The van der Waals surface area contributed by atoms with Gasteiger partial charge in [-0.15, -0.1) is 12.4 Å². The Labute approximate surface area is 123 Å². The van der Waals surface area contributed by atoms with Crippen LogP contribution in [0.1, 0.15) is 18.4 Å². The van der Waals surface area contributed by atoms with Gasteiger partial charge in [0.25, 0.3) is 5.69 Å². The summed E-state index contributed by atoms with van der Waals surface area (Å²) in [4.78, 5) is 23.1. The van der Waals surface area contributed by atoms with E-state index in [9.17, 15) is 14.9 Å². The Morgan fingerprint density at radius 2 is 2.05 bits per heavy atom. The lowest BCUT2D eigenvalue weighted by molar-refractivity contribution is -0.384. The number of aliphatic carboxylic acids is 1. The molecule has 2 rings (SSSR count). The number of non-ortho nitro benzene ring substituents is 1. The molecule has 1 atom stereocenters. The number of likely N-dealkylation sites (tertiary alicyclic amines) is 1. The third-order valence-electron chi connectivity index (χ3n) is 3.48. The molecule has 0 amide bonds. The fourth-order valence-electron chi connectivity index (χ4n) is 2.43. The molecule has 1 aliphatic rings. The predicted octanol–water partition coefficient (Wildman–Crippen LogP) is 2.11. The van der Waals surface area contributed by atoms with Crippen molar-refractivity contribution in [2.75, 3.05) is 13.1 Å². The molecule has 110 valence electrons. The topological polar surface area (TPSA) is 83.7 Å². The van der Waals surface area contributed by atoms with Crippen LogP contribution in [0.15, 0.2) is 24.3 Å². The van der Waals surface area contributed by atoms with Crippen molar-refractivity contribution in [3.05, 3.63) is 39.9 Å². The summed E-state index contributed by atoms with van der Waals surface area (Å²) >= 11 is 0. The maximum atomic E-state index is 11.0. The lowest BCUT2D eigenvalue weighted by atomic mass is 10.1.